The van der Waals surface area contributed by atoms with Crippen LogP contribution >= 0.6 is 0 Å². The van der Waals surface area contributed by atoms with Gasteiger partial charge in [0.2, 0.25) is 0 Å². The molecular weight excluding hydrogens is 344 g/mol. The number of benzene rings is 2. The van der Waals surface area contributed by atoms with Crippen LogP contribution in [0.5, 0.6) is 0 Å². The zero-order chi connectivity index (χ0) is 18.0. The molecule has 0 aromatic heterocycles. The topological polar surface area (TPSA) is 107 Å². The number of hydrogen-bond donors (Lipinski definition) is 1. The first-order valence-electron chi connectivity index (χ1n) is 7.55. The van der Waals surface area contributed by atoms with Gasteiger partial charge in [-0.15, -0.1) is 0 Å². The Morgan fingerprint density at radius 2 is 1.44 bits per heavy atom. The van der Waals surface area contributed by atoms with Crippen LogP contribution in [0.15, 0.2) is 54.6 Å². The van der Waals surface area contributed by atoms with Gasteiger partial charge in [-0.25, -0.2) is 5.14 Å². The van der Waals surface area contributed by atoms with E-state index in [0.29, 0.717) is 11.1 Å². The van der Waals surface area contributed by atoms with Crippen LogP contribution in [0.25, 0.3) is 0 Å². The van der Waals surface area contributed by atoms with E-state index >= 15 is 0 Å². The standard InChI is InChI=1S/C17H16N2O5S/c18-25(22,23)24-11-13(10-12-6-2-1-3-7-12)19-16(20)14-8-4-5-9-15(14)17(19)21/h1-9,13H,10-11H2,(H2,18,22,23). The van der Waals surface area contributed by atoms with Crippen LogP contribution in [-0.4, -0.2) is 37.8 Å². The normalized spacial score (nSPS) is 15.3. The third-order valence-corrected chi connectivity index (χ3v) is 4.39. The molecule has 8 heteroatoms. The van der Waals surface area contributed by atoms with E-state index in [2.05, 4.69) is 4.18 Å². The lowest BCUT2D eigenvalue weighted by molar-refractivity contribution is 0.0533. The van der Waals surface area contributed by atoms with E-state index in [9.17, 15) is 18.0 Å². The fourth-order valence-electron chi connectivity index (χ4n) is 2.82. The minimum absolute atomic E-state index is 0.252. The van der Waals surface area contributed by atoms with Crippen molar-refractivity contribution in [2.75, 3.05) is 6.61 Å². The number of nitrogens with two attached hydrogens (primary N) is 1. The fraction of sp³-hybridized carbons (Fsp3) is 0.176. The lowest BCUT2D eigenvalue weighted by Crippen LogP contribution is -2.44. The average molecular weight is 360 g/mol. The van der Waals surface area contributed by atoms with E-state index < -0.39 is 34.8 Å². The van der Waals surface area contributed by atoms with Crippen LogP contribution in [-0.2, 0) is 20.9 Å². The molecule has 0 saturated carbocycles. The van der Waals surface area contributed by atoms with Gasteiger partial charge in [0.25, 0.3) is 11.8 Å². The summed E-state index contributed by atoms with van der Waals surface area (Å²) >= 11 is 0. The summed E-state index contributed by atoms with van der Waals surface area (Å²) in [5.74, 6) is -0.945. The first kappa shape index (κ1) is 17.3. The monoisotopic (exact) mass is 360 g/mol. The molecular formula is C17H16N2O5S. The first-order valence-corrected chi connectivity index (χ1v) is 9.02. The first-order chi connectivity index (χ1) is 11.9. The number of carbonyl (C=O) groups is 2. The van der Waals surface area contributed by atoms with E-state index in [1.54, 1.807) is 24.3 Å². The van der Waals surface area contributed by atoms with Gasteiger partial charge >= 0.3 is 10.3 Å². The second-order valence-electron chi connectivity index (χ2n) is 5.65. The van der Waals surface area contributed by atoms with Gasteiger partial charge in [-0.2, -0.15) is 8.42 Å². The number of fused-ring (bicyclic) bond motifs is 1. The van der Waals surface area contributed by atoms with Crippen molar-refractivity contribution in [1.82, 2.24) is 4.90 Å². The lowest BCUT2D eigenvalue weighted by atomic mass is 10.1. The Morgan fingerprint density at radius 1 is 0.920 bits per heavy atom. The molecule has 1 heterocycles. The largest absolute Gasteiger partial charge is 0.333 e. The Labute approximate surface area is 145 Å². The summed E-state index contributed by atoms with van der Waals surface area (Å²) in [6.45, 7) is -0.404. The molecule has 0 saturated heterocycles. The lowest BCUT2D eigenvalue weighted by Gasteiger charge is -2.25. The summed E-state index contributed by atoms with van der Waals surface area (Å²) < 4.78 is 27.0. The molecule has 0 aliphatic carbocycles. The summed E-state index contributed by atoms with van der Waals surface area (Å²) in [5, 5.41) is 4.89. The highest BCUT2D eigenvalue weighted by Gasteiger charge is 2.40. The number of nitrogens with zero attached hydrogens (tertiary/aromatic N) is 1. The van der Waals surface area contributed by atoms with Crippen molar-refractivity contribution in [2.24, 2.45) is 5.14 Å². The van der Waals surface area contributed by atoms with Crippen molar-refractivity contribution >= 4 is 22.1 Å². The highest BCUT2D eigenvalue weighted by molar-refractivity contribution is 7.84. The molecule has 0 fully saturated rings. The minimum atomic E-state index is -4.19. The maximum absolute atomic E-state index is 12.6. The Bertz CT molecular complexity index is 877. The zero-order valence-electron chi connectivity index (χ0n) is 13.2. The predicted molar refractivity (Wildman–Crippen MR) is 89.9 cm³/mol. The van der Waals surface area contributed by atoms with E-state index in [0.717, 1.165) is 10.5 Å². The van der Waals surface area contributed by atoms with Crippen LogP contribution in [0, 0.1) is 0 Å². The maximum atomic E-state index is 12.6. The van der Waals surface area contributed by atoms with E-state index in [-0.39, 0.29) is 6.42 Å². The third kappa shape index (κ3) is 3.76. The summed E-state index contributed by atoms with van der Waals surface area (Å²) in [4.78, 5) is 26.3. The van der Waals surface area contributed by atoms with Gasteiger partial charge in [-0.05, 0) is 24.1 Å². The van der Waals surface area contributed by atoms with Gasteiger partial charge in [0.1, 0.15) is 0 Å². The van der Waals surface area contributed by atoms with Gasteiger partial charge < -0.3 is 0 Å². The van der Waals surface area contributed by atoms with Crippen molar-refractivity contribution in [3.63, 3.8) is 0 Å². The summed E-state index contributed by atoms with van der Waals surface area (Å²) in [6, 6.07) is 14.8. The van der Waals surface area contributed by atoms with Crippen molar-refractivity contribution in [3.8, 4) is 0 Å². The third-order valence-electron chi connectivity index (χ3n) is 3.93. The van der Waals surface area contributed by atoms with Crippen molar-refractivity contribution in [2.45, 2.75) is 12.5 Å². The maximum Gasteiger partial charge on any atom is 0.333 e. The molecule has 2 N–H and O–H groups in total. The molecule has 0 radical (unpaired) electrons. The number of imide groups is 1. The minimum Gasteiger partial charge on any atom is -0.269 e. The van der Waals surface area contributed by atoms with E-state index in [1.807, 2.05) is 30.3 Å². The molecule has 0 bridgehead atoms. The second kappa shape index (κ2) is 6.75. The average Bonchev–Trinajstić information content (AvgIpc) is 2.84. The van der Waals surface area contributed by atoms with E-state index in [1.165, 1.54) is 0 Å². The van der Waals surface area contributed by atoms with Crippen LogP contribution in [0.3, 0.4) is 0 Å². The summed E-state index contributed by atoms with van der Waals surface area (Å²) in [6.07, 6.45) is 0.252. The quantitative estimate of drug-likeness (QED) is 0.777. The Kier molecular flexibility index (Phi) is 4.67. The molecule has 0 spiro atoms. The van der Waals surface area contributed by atoms with Gasteiger partial charge in [0, 0.05) is 0 Å². The summed E-state index contributed by atoms with van der Waals surface area (Å²) in [7, 11) is -4.19. The molecule has 1 aliphatic rings. The number of rotatable bonds is 6. The van der Waals surface area contributed by atoms with Gasteiger partial charge in [-0.1, -0.05) is 42.5 Å². The smallest absolute Gasteiger partial charge is 0.269 e. The Hall–Kier alpha value is -2.55. The van der Waals surface area contributed by atoms with Gasteiger partial charge in [0.05, 0.1) is 23.8 Å². The molecule has 3 rings (SSSR count). The molecule has 2 aromatic rings. The van der Waals surface area contributed by atoms with Crippen molar-refractivity contribution < 1.29 is 22.2 Å². The molecule has 2 amide bonds. The highest BCUT2D eigenvalue weighted by Crippen LogP contribution is 2.26. The molecule has 1 unspecified atom stereocenters. The van der Waals surface area contributed by atoms with E-state index in [4.69, 9.17) is 5.14 Å². The van der Waals surface area contributed by atoms with Gasteiger partial charge in [0.15, 0.2) is 0 Å². The fourth-order valence-corrected chi connectivity index (χ4v) is 3.17. The zero-order valence-corrected chi connectivity index (χ0v) is 14.0. The molecule has 130 valence electrons. The molecule has 25 heavy (non-hydrogen) atoms. The SMILES string of the molecule is NS(=O)(=O)OCC(Cc1ccccc1)N1C(=O)c2ccccc2C1=O. The molecule has 1 atom stereocenters. The summed E-state index contributed by atoms with van der Waals surface area (Å²) in [5.41, 5.74) is 1.42. The highest BCUT2D eigenvalue weighted by atomic mass is 32.2. The molecule has 7 nitrogen and oxygen atoms in total. The molecule has 2 aromatic carbocycles. The van der Waals surface area contributed by atoms with Crippen molar-refractivity contribution in [1.29, 1.82) is 0 Å². The van der Waals surface area contributed by atoms with Crippen LogP contribution in [0.4, 0.5) is 0 Å². The van der Waals surface area contributed by atoms with Gasteiger partial charge in [-0.3, -0.25) is 18.7 Å². The number of hydrogen-bond acceptors (Lipinski definition) is 5. The van der Waals surface area contributed by atoms with Crippen molar-refractivity contribution in [3.05, 3.63) is 71.3 Å². The predicted octanol–water partition coefficient (Wildman–Crippen LogP) is 1.11. The second-order valence-corrected chi connectivity index (χ2v) is 6.87. The van der Waals surface area contributed by atoms with Crippen LogP contribution in [0.1, 0.15) is 26.3 Å². The van der Waals surface area contributed by atoms with Crippen LogP contribution < -0.4 is 5.14 Å². The Morgan fingerprint density at radius 3 is 1.96 bits per heavy atom. The molecule has 1 aliphatic heterocycles. The van der Waals surface area contributed by atoms with Crippen LogP contribution in [0.2, 0.25) is 0 Å². The number of carbonyl (C=O) groups excluding carboxylic acids is 2. The number of amides is 2. The Balaban J connectivity index is 1.91.